The van der Waals surface area contributed by atoms with Gasteiger partial charge in [0.15, 0.2) is 0 Å². The van der Waals surface area contributed by atoms with Crippen LogP contribution in [0.25, 0.3) is 0 Å². The fourth-order valence-corrected chi connectivity index (χ4v) is 2.27. The predicted octanol–water partition coefficient (Wildman–Crippen LogP) is 2.56. The number of rotatable bonds is 4. The summed E-state index contributed by atoms with van der Waals surface area (Å²) >= 11 is 0. The van der Waals surface area contributed by atoms with Crippen molar-refractivity contribution in [2.75, 3.05) is 11.5 Å². The Morgan fingerprint density at radius 3 is 1.56 bits per heavy atom. The Morgan fingerprint density at radius 2 is 1.33 bits per heavy atom. The molecular formula is C6H16O2S. The van der Waals surface area contributed by atoms with Crippen LogP contribution in [0.2, 0.25) is 0 Å². The third-order valence-electron chi connectivity index (χ3n) is 1.06. The van der Waals surface area contributed by atoms with Crippen LogP contribution in [0.3, 0.4) is 0 Å². The molecule has 0 rings (SSSR count). The van der Waals surface area contributed by atoms with Crippen molar-refractivity contribution in [1.29, 1.82) is 0 Å². The molecule has 0 bridgehead atoms. The monoisotopic (exact) mass is 152 g/mol. The molecule has 0 heterocycles. The Morgan fingerprint density at radius 1 is 1.00 bits per heavy atom. The van der Waals surface area contributed by atoms with Crippen LogP contribution in [0.15, 0.2) is 0 Å². The summed E-state index contributed by atoms with van der Waals surface area (Å²) in [7, 11) is -2.18. The smallest absolute Gasteiger partial charge is 0.0371 e. The molecule has 58 valence electrons. The highest BCUT2D eigenvalue weighted by atomic mass is 32.3. The van der Waals surface area contributed by atoms with E-state index in [0.29, 0.717) is 11.5 Å². The van der Waals surface area contributed by atoms with Crippen molar-refractivity contribution < 1.29 is 9.11 Å². The summed E-state index contributed by atoms with van der Waals surface area (Å²) in [6.45, 7) is 3.92. The highest BCUT2D eigenvalue weighted by molar-refractivity contribution is 8.24. The minimum absolute atomic E-state index is 0.570. The lowest BCUT2D eigenvalue weighted by atomic mass is 10.6. The van der Waals surface area contributed by atoms with E-state index in [4.69, 9.17) is 9.11 Å². The molecule has 0 amide bonds. The molecule has 0 aliphatic rings. The van der Waals surface area contributed by atoms with E-state index < -0.39 is 10.6 Å². The van der Waals surface area contributed by atoms with Crippen LogP contribution >= 0.6 is 10.6 Å². The third-order valence-corrected chi connectivity index (χ3v) is 3.19. The summed E-state index contributed by atoms with van der Waals surface area (Å²) in [5, 5.41) is 0. The lowest BCUT2D eigenvalue weighted by Crippen LogP contribution is -2.05. The van der Waals surface area contributed by atoms with E-state index in [1.807, 2.05) is 13.8 Å². The van der Waals surface area contributed by atoms with Crippen molar-refractivity contribution in [1.82, 2.24) is 0 Å². The summed E-state index contributed by atoms with van der Waals surface area (Å²) in [4.78, 5) is 0. The van der Waals surface area contributed by atoms with Gasteiger partial charge in [-0.3, -0.25) is 9.11 Å². The van der Waals surface area contributed by atoms with Gasteiger partial charge in [0.1, 0.15) is 0 Å². The Hall–Kier alpha value is 0.270. The molecule has 0 aliphatic heterocycles. The summed E-state index contributed by atoms with van der Waals surface area (Å²) in [6.07, 6.45) is 1.73. The van der Waals surface area contributed by atoms with Crippen LogP contribution < -0.4 is 0 Å². The van der Waals surface area contributed by atoms with Gasteiger partial charge in [0.05, 0.1) is 0 Å². The molecule has 0 saturated carbocycles. The topological polar surface area (TPSA) is 40.5 Å². The first kappa shape index (κ1) is 9.27. The molecule has 0 atom stereocenters. The maximum Gasteiger partial charge on any atom is 0.0371 e. The molecule has 0 saturated heterocycles. The van der Waals surface area contributed by atoms with Gasteiger partial charge in [-0.25, -0.2) is 0 Å². The van der Waals surface area contributed by atoms with Crippen LogP contribution in [0.1, 0.15) is 26.7 Å². The van der Waals surface area contributed by atoms with Gasteiger partial charge in [0.25, 0.3) is 0 Å². The average molecular weight is 152 g/mol. The quantitative estimate of drug-likeness (QED) is 0.650. The van der Waals surface area contributed by atoms with E-state index in [2.05, 4.69) is 0 Å². The van der Waals surface area contributed by atoms with E-state index in [0.717, 1.165) is 12.8 Å². The van der Waals surface area contributed by atoms with Crippen molar-refractivity contribution in [2.24, 2.45) is 0 Å². The summed E-state index contributed by atoms with van der Waals surface area (Å²) < 4.78 is 18.3. The molecule has 0 aromatic rings. The fraction of sp³-hybridized carbons (Fsp3) is 1.00. The molecule has 0 aliphatic carbocycles. The third kappa shape index (κ3) is 4.75. The summed E-state index contributed by atoms with van der Waals surface area (Å²) in [5.41, 5.74) is 0. The summed E-state index contributed by atoms with van der Waals surface area (Å²) in [5.74, 6) is 1.14. The predicted molar refractivity (Wildman–Crippen MR) is 43.2 cm³/mol. The molecule has 9 heavy (non-hydrogen) atoms. The second kappa shape index (κ2) is 4.14. The molecule has 3 heteroatoms. The van der Waals surface area contributed by atoms with Crippen molar-refractivity contribution in [3.63, 3.8) is 0 Å². The van der Waals surface area contributed by atoms with Crippen LogP contribution in [0.4, 0.5) is 0 Å². The molecule has 0 unspecified atom stereocenters. The average Bonchev–Trinajstić information content (AvgIpc) is 1.64. The standard InChI is InChI=1S/C6H16O2S/c1-3-5-9(7,8)6-4-2/h7-8H,3-6H2,1-2H3. The van der Waals surface area contributed by atoms with Gasteiger partial charge in [-0.15, -0.1) is 0 Å². The normalized spacial score (nSPS) is 13.8. The van der Waals surface area contributed by atoms with E-state index in [1.54, 1.807) is 0 Å². The second-order valence-electron chi connectivity index (χ2n) is 2.21. The Bertz CT molecular complexity index is 65.5. The number of hydrogen-bond acceptors (Lipinski definition) is 2. The lowest BCUT2D eigenvalue weighted by Gasteiger charge is -2.31. The second-order valence-corrected chi connectivity index (χ2v) is 4.63. The van der Waals surface area contributed by atoms with Gasteiger partial charge >= 0.3 is 0 Å². The van der Waals surface area contributed by atoms with Crippen molar-refractivity contribution >= 4 is 10.6 Å². The van der Waals surface area contributed by atoms with Gasteiger partial charge in [-0.1, -0.05) is 13.8 Å². The van der Waals surface area contributed by atoms with E-state index in [-0.39, 0.29) is 0 Å². The van der Waals surface area contributed by atoms with Gasteiger partial charge in [0.2, 0.25) is 0 Å². The van der Waals surface area contributed by atoms with Gasteiger partial charge in [-0.2, -0.15) is 10.6 Å². The first-order chi connectivity index (χ1) is 4.12. The van der Waals surface area contributed by atoms with E-state index in [1.165, 1.54) is 0 Å². The first-order valence-electron chi connectivity index (χ1n) is 3.36. The Labute approximate surface area is 58.6 Å². The van der Waals surface area contributed by atoms with E-state index >= 15 is 0 Å². The maximum absolute atomic E-state index is 9.15. The fourth-order valence-electron chi connectivity index (χ4n) is 0.756. The van der Waals surface area contributed by atoms with Crippen molar-refractivity contribution in [2.45, 2.75) is 26.7 Å². The van der Waals surface area contributed by atoms with Crippen LogP contribution in [0.5, 0.6) is 0 Å². The highest BCUT2D eigenvalue weighted by Crippen LogP contribution is 2.39. The molecule has 0 aromatic heterocycles. The van der Waals surface area contributed by atoms with Crippen molar-refractivity contribution in [3.8, 4) is 0 Å². The van der Waals surface area contributed by atoms with Gasteiger partial charge in [-0.05, 0) is 12.8 Å². The lowest BCUT2D eigenvalue weighted by molar-refractivity contribution is 0.484. The Kier molecular flexibility index (Phi) is 4.27. The van der Waals surface area contributed by atoms with Crippen LogP contribution in [0, 0.1) is 0 Å². The first-order valence-corrected chi connectivity index (χ1v) is 5.24. The van der Waals surface area contributed by atoms with E-state index in [9.17, 15) is 0 Å². The Balaban J connectivity index is 3.43. The zero-order chi connectivity index (χ0) is 7.33. The number of hydrogen-bond donors (Lipinski definition) is 2. The zero-order valence-corrected chi connectivity index (χ0v) is 6.95. The molecular weight excluding hydrogens is 136 g/mol. The molecule has 0 fully saturated rings. The SMILES string of the molecule is CCCS(O)(O)CCC. The van der Waals surface area contributed by atoms with Gasteiger partial charge < -0.3 is 0 Å². The molecule has 0 spiro atoms. The highest BCUT2D eigenvalue weighted by Gasteiger charge is 2.07. The molecule has 2 nitrogen and oxygen atoms in total. The summed E-state index contributed by atoms with van der Waals surface area (Å²) in [6, 6.07) is 0. The van der Waals surface area contributed by atoms with Gasteiger partial charge in [0, 0.05) is 11.5 Å². The van der Waals surface area contributed by atoms with Crippen LogP contribution in [-0.4, -0.2) is 20.6 Å². The van der Waals surface area contributed by atoms with Crippen molar-refractivity contribution in [3.05, 3.63) is 0 Å². The minimum atomic E-state index is -2.18. The molecule has 0 aromatic carbocycles. The van der Waals surface area contributed by atoms with Crippen LogP contribution in [-0.2, 0) is 0 Å². The zero-order valence-electron chi connectivity index (χ0n) is 6.13. The molecule has 2 N–H and O–H groups in total. The maximum atomic E-state index is 9.15. The molecule has 0 radical (unpaired) electrons. The largest absolute Gasteiger partial charge is 0.299 e. The minimum Gasteiger partial charge on any atom is -0.299 e.